The second-order valence-electron chi connectivity index (χ2n) is 5.73. The molecule has 128 valence electrons. The molecule has 0 saturated carbocycles. The Balaban J connectivity index is 1.96. The van der Waals surface area contributed by atoms with Crippen LogP contribution in [0.15, 0.2) is 60.9 Å². The minimum atomic E-state index is -0.213. The number of phenolic OH excluding ortho intramolecular Hbond substituents is 1. The first-order valence-corrected chi connectivity index (χ1v) is 8.16. The van der Waals surface area contributed by atoms with Gasteiger partial charge >= 0.3 is 5.97 Å². The molecule has 0 atom stereocenters. The van der Waals surface area contributed by atoms with Crippen LogP contribution in [0, 0.1) is 0 Å². The third kappa shape index (κ3) is 3.88. The summed E-state index contributed by atoms with van der Waals surface area (Å²) in [5.41, 5.74) is 3.84. The number of carbonyl (C=O) groups is 1. The molecule has 0 amide bonds. The number of imidazole rings is 1. The van der Waals surface area contributed by atoms with E-state index in [-0.39, 0.29) is 11.7 Å². The van der Waals surface area contributed by atoms with Gasteiger partial charge in [0.15, 0.2) is 0 Å². The third-order valence-electron chi connectivity index (χ3n) is 4.03. The molecule has 0 aliphatic heterocycles. The monoisotopic (exact) mass is 336 g/mol. The van der Waals surface area contributed by atoms with Crippen molar-refractivity contribution in [2.45, 2.75) is 19.4 Å². The van der Waals surface area contributed by atoms with Crippen molar-refractivity contribution in [1.29, 1.82) is 0 Å². The van der Waals surface area contributed by atoms with Gasteiger partial charge in [0, 0.05) is 24.1 Å². The van der Waals surface area contributed by atoms with E-state index in [1.54, 1.807) is 18.5 Å². The van der Waals surface area contributed by atoms with Crippen molar-refractivity contribution in [2.75, 3.05) is 7.11 Å². The molecule has 0 bridgehead atoms. The molecule has 2 aromatic carbocycles. The molecule has 3 aromatic rings. The van der Waals surface area contributed by atoms with Crippen LogP contribution >= 0.6 is 0 Å². The number of nitrogens with zero attached hydrogens (tertiary/aromatic N) is 2. The van der Waals surface area contributed by atoms with Crippen molar-refractivity contribution in [2.24, 2.45) is 0 Å². The van der Waals surface area contributed by atoms with Crippen molar-refractivity contribution in [3.63, 3.8) is 0 Å². The average Bonchev–Trinajstić information content (AvgIpc) is 3.07. The van der Waals surface area contributed by atoms with Crippen LogP contribution in [0.1, 0.15) is 12.8 Å². The minimum absolute atomic E-state index is 0.213. The molecule has 5 heteroatoms. The first-order chi connectivity index (χ1) is 12.2. The zero-order valence-corrected chi connectivity index (χ0v) is 14.1. The van der Waals surface area contributed by atoms with Gasteiger partial charge in [-0.05, 0) is 30.7 Å². The summed E-state index contributed by atoms with van der Waals surface area (Å²) < 4.78 is 6.74. The standard InChI is InChI=1S/C20H20N2O3/c1-25-18(24)8-5-13-22-14-21-19(15-6-3-2-4-7-15)20(22)16-9-11-17(23)12-10-16/h2-4,6-7,9-12,14,23H,5,8,13H2,1H3. The molecule has 1 N–H and O–H groups in total. The van der Waals surface area contributed by atoms with Crippen molar-refractivity contribution < 1.29 is 14.6 Å². The Bertz CT molecular complexity index is 839. The van der Waals surface area contributed by atoms with Crippen LogP contribution in [0.2, 0.25) is 0 Å². The molecule has 0 unspecified atom stereocenters. The fourth-order valence-electron chi connectivity index (χ4n) is 2.78. The largest absolute Gasteiger partial charge is 0.508 e. The Morgan fingerprint density at radius 2 is 1.80 bits per heavy atom. The number of esters is 1. The first-order valence-electron chi connectivity index (χ1n) is 8.16. The Kier molecular flexibility index (Phi) is 5.14. The summed E-state index contributed by atoms with van der Waals surface area (Å²) in [4.78, 5) is 15.9. The van der Waals surface area contributed by atoms with E-state index < -0.39 is 0 Å². The highest BCUT2D eigenvalue weighted by molar-refractivity contribution is 5.78. The summed E-state index contributed by atoms with van der Waals surface area (Å²) >= 11 is 0. The lowest BCUT2D eigenvalue weighted by molar-refractivity contribution is -0.140. The predicted molar refractivity (Wildman–Crippen MR) is 96.0 cm³/mol. The normalized spacial score (nSPS) is 10.6. The number of phenols is 1. The Morgan fingerprint density at radius 3 is 2.48 bits per heavy atom. The number of ether oxygens (including phenoxy) is 1. The fraction of sp³-hybridized carbons (Fsp3) is 0.200. The van der Waals surface area contributed by atoms with Gasteiger partial charge in [-0.1, -0.05) is 30.3 Å². The van der Waals surface area contributed by atoms with Gasteiger partial charge in [0.2, 0.25) is 0 Å². The van der Waals surface area contributed by atoms with Crippen molar-refractivity contribution in [3.05, 3.63) is 60.9 Å². The van der Waals surface area contributed by atoms with Gasteiger partial charge in [-0.15, -0.1) is 0 Å². The summed E-state index contributed by atoms with van der Waals surface area (Å²) in [5.74, 6) is 0.0105. The van der Waals surface area contributed by atoms with E-state index >= 15 is 0 Å². The highest BCUT2D eigenvalue weighted by Gasteiger charge is 2.15. The van der Waals surface area contributed by atoms with E-state index in [2.05, 4.69) is 4.98 Å². The molecule has 0 aliphatic carbocycles. The first kappa shape index (κ1) is 16.8. The number of benzene rings is 2. The highest BCUT2D eigenvalue weighted by Crippen LogP contribution is 2.32. The lowest BCUT2D eigenvalue weighted by Gasteiger charge is -2.11. The van der Waals surface area contributed by atoms with Crippen LogP contribution in [0.25, 0.3) is 22.5 Å². The van der Waals surface area contributed by atoms with E-state index in [0.717, 1.165) is 22.5 Å². The topological polar surface area (TPSA) is 64.4 Å². The van der Waals surface area contributed by atoms with Gasteiger partial charge < -0.3 is 14.4 Å². The molecule has 25 heavy (non-hydrogen) atoms. The number of hydrogen-bond acceptors (Lipinski definition) is 4. The van der Waals surface area contributed by atoms with Gasteiger partial charge in [0.1, 0.15) is 5.75 Å². The van der Waals surface area contributed by atoms with E-state index in [1.807, 2.05) is 47.0 Å². The fourth-order valence-corrected chi connectivity index (χ4v) is 2.78. The third-order valence-corrected chi connectivity index (χ3v) is 4.03. The molecular formula is C20H20N2O3. The molecule has 0 radical (unpaired) electrons. The van der Waals surface area contributed by atoms with Crippen molar-refractivity contribution >= 4 is 5.97 Å². The molecule has 1 heterocycles. The Morgan fingerprint density at radius 1 is 1.08 bits per heavy atom. The number of aromatic hydroxyl groups is 1. The SMILES string of the molecule is COC(=O)CCCn1cnc(-c2ccccc2)c1-c1ccc(O)cc1. The quantitative estimate of drug-likeness (QED) is 0.694. The van der Waals surface area contributed by atoms with Crippen LogP contribution in [0.5, 0.6) is 5.75 Å². The molecule has 0 spiro atoms. The smallest absolute Gasteiger partial charge is 0.305 e. The number of methoxy groups -OCH3 is 1. The molecular weight excluding hydrogens is 316 g/mol. The van der Waals surface area contributed by atoms with Gasteiger partial charge in [-0.3, -0.25) is 4.79 Å². The molecule has 5 nitrogen and oxygen atoms in total. The lowest BCUT2D eigenvalue weighted by atomic mass is 10.0. The van der Waals surface area contributed by atoms with E-state index in [0.29, 0.717) is 19.4 Å². The van der Waals surface area contributed by atoms with Gasteiger partial charge in [0.25, 0.3) is 0 Å². The Labute approximate surface area is 146 Å². The van der Waals surface area contributed by atoms with E-state index in [9.17, 15) is 9.90 Å². The van der Waals surface area contributed by atoms with Crippen LogP contribution in [-0.2, 0) is 16.1 Å². The van der Waals surface area contributed by atoms with Crippen LogP contribution in [-0.4, -0.2) is 27.7 Å². The molecule has 0 aliphatic rings. The van der Waals surface area contributed by atoms with E-state index in [4.69, 9.17) is 4.74 Å². The summed E-state index contributed by atoms with van der Waals surface area (Å²) in [6, 6.07) is 17.0. The number of carbonyl (C=O) groups excluding carboxylic acids is 1. The zero-order chi connectivity index (χ0) is 17.6. The van der Waals surface area contributed by atoms with Crippen molar-refractivity contribution in [1.82, 2.24) is 9.55 Å². The molecule has 0 saturated heterocycles. The van der Waals surface area contributed by atoms with Crippen LogP contribution in [0.3, 0.4) is 0 Å². The maximum absolute atomic E-state index is 11.3. The minimum Gasteiger partial charge on any atom is -0.508 e. The number of rotatable bonds is 6. The Hall–Kier alpha value is -3.08. The maximum Gasteiger partial charge on any atom is 0.305 e. The van der Waals surface area contributed by atoms with Gasteiger partial charge in [0.05, 0.1) is 24.8 Å². The van der Waals surface area contributed by atoms with Crippen LogP contribution in [0.4, 0.5) is 0 Å². The number of aryl methyl sites for hydroxylation is 1. The maximum atomic E-state index is 11.3. The predicted octanol–water partition coefficient (Wildman–Crippen LogP) is 3.88. The number of aromatic nitrogens is 2. The highest BCUT2D eigenvalue weighted by atomic mass is 16.5. The van der Waals surface area contributed by atoms with E-state index in [1.165, 1.54) is 7.11 Å². The number of hydrogen-bond donors (Lipinski definition) is 1. The molecule has 1 aromatic heterocycles. The summed E-state index contributed by atoms with van der Waals surface area (Å²) in [6.07, 6.45) is 2.83. The second-order valence-corrected chi connectivity index (χ2v) is 5.73. The molecule has 0 fully saturated rings. The van der Waals surface area contributed by atoms with Crippen molar-refractivity contribution in [3.8, 4) is 28.3 Å². The van der Waals surface area contributed by atoms with Gasteiger partial charge in [-0.2, -0.15) is 0 Å². The molecule has 3 rings (SSSR count). The van der Waals surface area contributed by atoms with Crippen LogP contribution < -0.4 is 0 Å². The van der Waals surface area contributed by atoms with Gasteiger partial charge in [-0.25, -0.2) is 4.98 Å². The average molecular weight is 336 g/mol. The second kappa shape index (κ2) is 7.66. The summed E-state index contributed by atoms with van der Waals surface area (Å²) in [6.45, 7) is 0.658. The zero-order valence-electron chi connectivity index (χ0n) is 14.1. The lowest BCUT2D eigenvalue weighted by Crippen LogP contribution is -2.04. The summed E-state index contributed by atoms with van der Waals surface area (Å²) in [5, 5.41) is 9.57. The summed E-state index contributed by atoms with van der Waals surface area (Å²) in [7, 11) is 1.40.